The molecule has 1 aromatic heterocycles. The average molecular weight is 285 g/mol. The first-order valence-electron chi connectivity index (χ1n) is 7.23. The molecule has 1 amide bonds. The highest BCUT2D eigenvalue weighted by molar-refractivity contribution is 5.76. The van der Waals surface area contributed by atoms with E-state index in [0.29, 0.717) is 25.5 Å². The van der Waals surface area contributed by atoms with Crippen LogP contribution < -0.4 is 5.32 Å². The number of nitrogens with zero attached hydrogens (tertiary/aromatic N) is 2. The lowest BCUT2D eigenvalue weighted by atomic mass is 10.0. The molecule has 0 radical (unpaired) electrons. The van der Waals surface area contributed by atoms with E-state index in [4.69, 9.17) is 4.74 Å². The van der Waals surface area contributed by atoms with E-state index in [1.54, 1.807) is 12.5 Å². The van der Waals surface area contributed by atoms with Crippen molar-refractivity contribution in [3.8, 4) is 5.69 Å². The summed E-state index contributed by atoms with van der Waals surface area (Å²) in [5.74, 6) is 0.458. The van der Waals surface area contributed by atoms with Gasteiger partial charge in [0.25, 0.3) is 0 Å². The molecule has 0 bridgehead atoms. The summed E-state index contributed by atoms with van der Waals surface area (Å²) in [6.45, 7) is 2.02. The normalized spacial score (nSPS) is 17.8. The molecular weight excluding hydrogens is 266 g/mol. The van der Waals surface area contributed by atoms with Crippen LogP contribution in [0.3, 0.4) is 0 Å². The van der Waals surface area contributed by atoms with Gasteiger partial charge in [0, 0.05) is 38.6 Å². The molecule has 1 fully saturated rings. The van der Waals surface area contributed by atoms with Crippen molar-refractivity contribution in [1.82, 2.24) is 14.9 Å². The van der Waals surface area contributed by atoms with Crippen LogP contribution in [0.1, 0.15) is 18.4 Å². The molecule has 1 aromatic carbocycles. The average Bonchev–Trinajstić information content (AvgIpc) is 3.18. The standard InChI is InChI=1S/C16H19N3O2/c20-16(9-13-5-8-21-11-13)18-10-14-3-1-2-4-15(14)19-7-6-17-12-19/h1-4,6-7,12-13H,5,8-11H2,(H,18,20)/t13-/m1/s1. The van der Waals surface area contributed by atoms with Gasteiger partial charge in [-0.2, -0.15) is 0 Å². The number of imidazole rings is 1. The SMILES string of the molecule is O=C(C[C@H]1CCOC1)NCc1ccccc1-n1ccnc1. The zero-order chi connectivity index (χ0) is 14.5. The van der Waals surface area contributed by atoms with Crippen LogP contribution in [-0.4, -0.2) is 28.7 Å². The highest BCUT2D eigenvalue weighted by Gasteiger charge is 2.19. The molecule has 2 heterocycles. The third-order valence-electron chi connectivity index (χ3n) is 3.75. The summed E-state index contributed by atoms with van der Waals surface area (Å²) in [7, 11) is 0. The highest BCUT2D eigenvalue weighted by Crippen LogP contribution is 2.17. The molecule has 0 unspecified atom stereocenters. The van der Waals surface area contributed by atoms with E-state index >= 15 is 0 Å². The van der Waals surface area contributed by atoms with Crippen LogP contribution in [0.4, 0.5) is 0 Å². The first kappa shape index (κ1) is 13.8. The second-order valence-electron chi connectivity index (χ2n) is 5.31. The zero-order valence-electron chi connectivity index (χ0n) is 11.9. The fourth-order valence-corrected chi connectivity index (χ4v) is 2.59. The molecule has 1 saturated heterocycles. The van der Waals surface area contributed by atoms with Crippen LogP contribution in [0.15, 0.2) is 43.0 Å². The lowest BCUT2D eigenvalue weighted by molar-refractivity contribution is -0.122. The van der Waals surface area contributed by atoms with Crippen LogP contribution in [-0.2, 0) is 16.1 Å². The van der Waals surface area contributed by atoms with Gasteiger partial charge in [-0.15, -0.1) is 0 Å². The summed E-state index contributed by atoms with van der Waals surface area (Å²) in [4.78, 5) is 16.0. The van der Waals surface area contributed by atoms with Gasteiger partial charge in [-0.3, -0.25) is 4.79 Å². The number of benzene rings is 1. The van der Waals surface area contributed by atoms with Crippen molar-refractivity contribution in [3.63, 3.8) is 0 Å². The lowest BCUT2D eigenvalue weighted by Gasteiger charge is -2.12. The lowest BCUT2D eigenvalue weighted by Crippen LogP contribution is -2.25. The van der Waals surface area contributed by atoms with E-state index in [0.717, 1.165) is 24.3 Å². The maximum Gasteiger partial charge on any atom is 0.220 e. The molecule has 2 aromatic rings. The van der Waals surface area contributed by atoms with Crippen LogP contribution >= 0.6 is 0 Å². The maximum atomic E-state index is 12.0. The Morgan fingerprint density at radius 3 is 3.10 bits per heavy atom. The Kier molecular flexibility index (Phi) is 4.31. The summed E-state index contributed by atoms with van der Waals surface area (Å²) in [5.41, 5.74) is 2.12. The largest absolute Gasteiger partial charge is 0.381 e. The Bertz CT molecular complexity index is 589. The van der Waals surface area contributed by atoms with E-state index in [-0.39, 0.29) is 5.91 Å². The molecule has 21 heavy (non-hydrogen) atoms. The quantitative estimate of drug-likeness (QED) is 0.913. The second kappa shape index (κ2) is 6.54. The first-order chi connectivity index (χ1) is 10.3. The molecule has 0 aliphatic carbocycles. The van der Waals surface area contributed by atoms with Crippen molar-refractivity contribution >= 4 is 5.91 Å². The fourth-order valence-electron chi connectivity index (χ4n) is 2.59. The van der Waals surface area contributed by atoms with Gasteiger partial charge >= 0.3 is 0 Å². The molecule has 1 aliphatic rings. The summed E-state index contributed by atoms with van der Waals surface area (Å²) >= 11 is 0. The van der Waals surface area contributed by atoms with E-state index in [9.17, 15) is 4.79 Å². The summed E-state index contributed by atoms with van der Waals surface area (Å²) in [6.07, 6.45) is 6.94. The molecule has 3 rings (SSSR count). The molecule has 1 atom stereocenters. The van der Waals surface area contributed by atoms with E-state index in [1.807, 2.05) is 35.0 Å². The van der Waals surface area contributed by atoms with Gasteiger partial charge in [0.05, 0.1) is 12.0 Å². The number of hydrogen-bond acceptors (Lipinski definition) is 3. The number of ether oxygens (including phenoxy) is 1. The third kappa shape index (κ3) is 3.49. The van der Waals surface area contributed by atoms with Crippen LogP contribution in [0.25, 0.3) is 5.69 Å². The molecule has 110 valence electrons. The summed E-state index contributed by atoms with van der Waals surface area (Å²) < 4.78 is 7.25. The number of rotatable bonds is 5. The van der Waals surface area contributed by atoms with Gasteiger partial charge in [0.2, 0.25) is 5.91 Å². The van der Waals surface area contributed by atoms with E-state index in [1.165, 1.54) is 0 Å². The zero-order valence-corrected chi connectivity index (χ0v) is 11.9. The monoisotopic (exact) mass is 285 g/mol. The number of nitrogens with one attached hydrogen (secondary N) is 1. The molecular formula is C16H19N3O2. The minimum absolute atomic E-state index is 0.0888. The van der Waals surface area contributed by atoms with Crippen molar-refractivity contribution in [2.24, 2.45) is 5.92 Å². The predicted molar refractivity (Wildman–Crippen MR) is 79.0 cm³/mol. The molecule has 5 heteroatoms. The second-order valence-corrected chi connectivity index (χ2v) is 5.31. The van der Waals surface area contributed by atoms with Gasteiger partial charge in [-0.25, -0.2) is 4.98 Å². The molecule has 0 saturated carbocycles. The smallest absolute Gasteiger partial charge is 0.220 e. The van der Waals surface area contributed by atoms with Gasteiger partial charge < -0.3 is 14.6 Å². The Labute approximate surface area is 124 Å². The number of aromatic nitrogens is 2. The molecule has 0 spiro atoms. The number of carbonyl (C=O) groups is 1. The van der Waals surface area contributed by atoms with Crippen molar-refractivity contribution < 1.29 is 9.53 Å². The summed E-state index contributed by atoms with van der Waals surface area (Å²) in [5, 5.41) is 3.00. The Morgan fingerprint density at radius 2 is 2.33 bits per heavy atom. The van der Waals surface area contributed by atoms with Crippen LogP contribution in [0.5, 0.6) is 0 Å². The van der Waals surface area contributed by atoms with Gasteiger partial charge in [0.15, 0.2) is 0 Å². The molecule has 1 aliphatic heterocycles. The number of carbonyl (C=O) groups excluding carboxylic acids is 1. The van der Waals surface area contributed by atoms with E-state index in [2.05, 4.69) is 10.3 Å². The molecule has 5 nitrogen and oxygen atoms in total. The van der Waals surface area contributed by atoms with Crippen molar-refractivity contribution in [2.75, 3.05) is 13.2 Å². The third-order valence-corrected chi connectivity index (χ3v) is 3.75. The minimum atomic E-state index is 0.0888. The fraction of sp³-hybridized carbons (Fsp3) is 0.375. The first-order valence-corrected chi connectivity index (χ1v) is 7.23. The van der Waals surface area contributed by atoms with Crippen molar-refractivity contribution in [3.05, 3.63) is 48.5 Å². The highest BCUT2D eigenvalue weighted by atomic mass is 16.5. The van der Waals surface area contributed by atoms with Gasteiger partial charge in [0.1, 0.15) is 0 Å². The number of amides is 1. The number of hydrogen-bond donors (Lipinski definition) is 1. The Balaban J connectivity index is 1.61. The maximum absolute atomic E-state index is 12.0. The number of para-hydroxylation sites is 1. The molecule has 1 N–H and O–H groups in total. The van der Waals surface area contributed by atoms with Gasteiger partial charge in [-0.05, 0) is 24.0 Å². The summed E-state index contributed by atoms with van der Waals surface area (Å²) in [6, 6.07) is 8.01. The van der Waals surface area contributed by atoms with Gasteiger partial charge in [-0.1, -0.05) is 18.2 Å². The van der Waals surface area contributed by atoms with Crippen LogP contribution in [0.2, 0.25) is 0 Å². The topological polar surface area (TPSA) is 56.1 Å². The van der Waals surface area contributed by atoms with Crippen LogP contribution in [0, 0.1) is 5.92 Å². The van der Waals surface area contributed by atoms with E-state index < -0.39 is 0 Å². The Morgan fingerprint density at radius 1 is 1.43 bits per heavy atom. The predicted octanol–water partition coefficient (Wildman–Crippen LogP) is 1.92. The van der Waals surface area contributed by atoms with Crippen molar-refractivity contribution in [1.29, 1.82) is 0 Å². The van der Waals surface area contributed by atoms with Crippen molar-refractivity contribution in [2.45, 2.75) is 19.4 Å². The minimum Gasteiger partial charge on any atom is -0.381 e. The Hall–Kier alpha value is -2.14.